The van der Waals surface area contributed by atoms with Crippen molar-refractivity contribution in [2.75, 3.05) is 9.80 Å². The van der Waals surface area contributed by atoms with Crippen LogP contribution in [0, 0.1) is 12.7 Å². The molecule has 1 saturated heterocycles. The molecule has 1 spiro atoms. The highest BCUT2D eigenvalue weighted by atomic mass is 32.1. The molecule has 2 N–H and O–H groups in total. The SMILES string of the molecule is Cc1cc(N2C(=S)N(c3cnc(C(N)=O)c(C(F)(F)F)c3)C(=O)C23CCC3)ccc1F. The molecule has 1 aromatic heterocycles. The van der Waals surface area contributed by atoms with Crippen LogP contribution in [-0.4, -0.2) is 27.4 Å². The lowest BCUT2D eigenvalue weighted by atomic mass is 9.75. The van der Waals surface area contributed by atoms with Crippen molar-refractivity contribution in [1.82, 2.24) is 4.98 Å². The molecule has 1 aliphatic carbocycles. The first-order chi connectivity index (χ1) is 14.5. The third-order valence-corrected chi connectivity index (χ3v) is 6.03. The van der Waals surface area contributed by atoms with Crippen LogP contribution < -0.4 is 15.5 Å². The third kappa shape index (κ3) is 3.14. The summed E-state index contributed by atoms with van der Waals surface area (Å²) < 4.78 is 54.2. The van der Waals surface area contributed by atoms with Crippen LogP contribution >= 0.6 is 12.2 Å². The second kappa shape index (κ2) is 6.98. The first kappa shape index (κ1) is 21.2. The Kier molecular flexibility index (Phi) is 4.76. The molecule has 4 rings (SSSR count). The fourth-order valence-corrected chi connectivity index (χ4v) is 4.43. The molecular weight excluding hydrogens is 436 g/mol. The second-order valence-corrected chi connectivity index (χ2v) is 7.89. The summed E-state index contributed by atoms with van der Waals surface area (Å²) in [5.41, 5.74) is 2.25. The maximum Gasteiger partial charge on any atom is 0.418 e. The monoisotopic (exact) mass is 452 g/mol. The predicted molar refractivity (Wildman–Crippen MR) is 108 cm³/mol. The van der Waals surface area contributed by atoms with Crippen LogP contribution in [0.25, 0.3) is 0 Å². The Hall–Kier alpha value is -3.08. The van der Waals surface area contributed by atoms with E-state index in [9.17, 15) is 27.2 Å². The Labute approximate surface area is 179 Å². The number of primary amides is 1. The van der Waals surface area contributed by atoms with Gasteiger partial charge < -0.3 is 10.6 Å². The zero-order chi connectivity index (χ0) is 22.7. The lowest BCUT2D eigenvalue weighted by molar-refractivity contribution is -0.138. The number of carbonyl (C=O) groups excluding carboxylic acids is 2. The van der Waals surface area contributed by atoms with Gasteiger partial charge in [0.2, 0.25) is 0 Å². The van der Waals surface area contributed by atoms with E-state index in [2.05, 4.69) is 4.98 Å². The van der Waals surface area contributed by atoms with Crippen molar-refractivity contribution >= 4 is 40.5 Å². The summed E-state index contributed by atoms with van der Waals surface area (Å²) in [5, 5.41) is -0.0440. The number of hydrogen-bond acceptors (Lipinski definition) is 4. The Morgan fingerprint density at radius 2 is 1.90 bits per heavy atom. The summed E-state index contributed by atoms with van der Waals surface area (Å²) in [6.45, 7) is 1.56. The number of nitrogens with two attached hydrogens (primary N) is 1. The fourth-order valence-electron chi connectivity index (χ4n) is 3.96. The summed E-state index contributed by atoms with van der Waals surface area (Å²) in [5.74, 6) is -2.26. The molecule has 2 aromatic rings. The number of anilines is 2. The first-order valence-corrected chi connectivity index (χ1v) is 9.70. The molecule has 2 aliphatic rings. The summed E-state index contributed by atoms with van der Waals surface area (Å²) in [6.07, 6.45) is -2.34. The van der Waals surface area contributed by atoms with Crippen molar-refractivity contribution < 1.29 is 27.2 Å². The molecule has 2 amide bonds. The highest BCUT2D eigenvalue weighted by Crippen LogP contribution is 2.48. The summed E-state index contributed by atoms with van der Waals surface area (Å²) in [6, 6.07) is 4.90. The number of carbonyl (C=O) groups is 2. The van der Waals surface area contributed by atoms with Crippen molar-refractivity contribution in [3.8, 4) is 0 Å². The minimum atomic E-state index is -4.92. The van der Waals surface area contributed by atoms with Gasteiger partial charge in [-0.1, -0.05) is 0 Å². The van der Waals surface area contributed by atoms with Crippen LogP contribution in [0.3, 0.4) is 0 Å². The van der Waals surface area contributed by atoms with E-state index in [0.29, 0.717) is 30.2 Å². The number of nitrogens with zero attached hydrogens (tertiary/aromatic N) is 3. The van der Waals surface area contributed by atoms with Gasteiger partial charge in [0.25, 0.3) is 11.8 Å². The van der Waals surface area contributed by atoms with E-state index < -0.39 is 40.6 Å². The fraction of sp³-hybridized carbons (Fsp3) is 0.300. The van der Waals surface area contributed by atoms with Gasteiger partial charge in [-0.3, -0.25) is 14.5 Å². The molecule has 11 heteroatoms. The normalized spacial score (nSPS) is 18.0. The lowest BCUT2D eigenvalue weighted by Gasteiger charge is -2.43. The molecule has 162 valence electrons. The smallest absolute Gasteiger partial charge is 0.364 e. The Balaban J connectivity index is 1.83. The standard InChI is InChI=1S/C20H16F4N4O2S/c1-10-7-11(3-4-14(10)21)28-18(31)27(17(30)19(28)5-2-6-19)12-8-13(20(22,23)24)15(16(25)29)26-9-12/h3-4,7-9H,2,5-6H2,1H3,(H2,25,29). The van der Waals surface area contributed by atoms with Crippen molar-refractivity contribution in [1.29, 1.82) is 0 Å². The number of benzene rings is 1. The van der Waals surface area contributed by atoms with Gasteiger partial charge in [-0.15, -0.1) is 0 Å². The van der Waals surface area contributed by atoms with E-state index in [1.165, 1.54) is 18.2 Å². The number of aromatic nitrogens is 1. The molecule has 0 unspecified atom stereocenters. The molecule has 1 aliphatic heterocycles. The number of halogens is 4. The number of thiocarbonyl (C=S) groups is 1. The predicted octanol–water partition coefficient (Wildman–Crippen LogP) is 3.71. The molecule has 0 atom stereocenters. The van der Waals surface area contributed by atoms with Gasteiger partial charge in [-0.05, 0) is 68.2 Å². The molecule has 2 heterocycles. The molecule has 1 aromatic carbocycles. The number of hydrogen-bond donors (Lipinski definition) is 1. The highest BCUT2D eigenvalue weighted by Gasteiger charge is 2.59. The molecular formula is C20H16F4N4O2S. The van der Waals surface area contributed by atoms with Crippen LogP contribution in [0.4, 0.5) is 28.9 Å². The van der Waals surface area contributed by atoms with Crippen LogP contribution in [0.2, 0.25) is 0 Å². The minimum absolute atomic E-state index is 0.0440. The van der Waals surface area contributed by atoms with E-state index in [-0.39, 0.29) is 10.8 Å². The van der Waals surface area contributed by atoms with Gasteiger partial charge in [0, 0.05) is 5.69 Å². The van der Waals surface area contributed by atoms with Gasteiger partial charge in [-0.2, -0.15) is 13.2 Å². The number of pyridine rings is 1. The Morgan fingerprint density at radius 1 is 1.23 bits per heavy atom. The van der Waals surface area contributed by atoms with Gasteiger partial charge >= 0.3 is 6.18 Å². The van der Waals surface area contributed by atoms with E-state index in [4.69, 9.17) is 18.0 Å². The van der Waals surface area contributed by atoms with E-state index in [0.717, 1.165) is 17.5 Å². The highest BCUT2D eigenvalue weighted by molar-refractivity contribution is 7.81. The Morgan fingerprint density at radius 3 is 2.42 bits per heavy atom. The largest absolute Gasteiger partial charge is 0.418 e. The number of rotatable bonds is 3. The van der Waals surface area contributed by atoms with Crippen LogP contribution in [0.1, 0.15) is 40.9 Å². The lowest BCUT2D eigenvalue weighted by Crippen LogP contribution is -2.55. The van der Waals surface area contributed by atoms with Crippen molar-refractivity contribution in [3.05, 3.63) is 53.1 Å². The van der Waals surface area contributed by atoms with Crippen molar-refractivity contribution in [2.24, 2.45) is 5.73 Å². The number of alkyl halides is 3. The van der Waals surface area contributed by atoms with Gasteiger partial charge in [0.15, 0.2) is 5.11 Å². The summed E-state index contributed by atoms with van der Waals surface area (Å²) >= 11 is 5.49. The van der Waals surface area contributed by atoms with E-state index >= 15 is 0 Å². The molecule has 0 radical (unpaired) electrons. The number of aryl methyl sites for hydroxylation is 1. The maximum absolute atomic E-state index is 13.8. The quantitative estimate of drug-likeness (QED) is 0.568. The number of amides is 2. The van der Waals surface area contributed by atoms with Gasteiger partial charge in [0.1, 0.15) is 17.1 Å². The van der Waals surface area contributed by atoms with Crippen molar-refractivity contribution in [2.45, 2.75) is 37.9 Å². The summed E-state index contributed by atoms with van der Waals surface area (Å²) in [4.78, 5) is 30.9. The van der Waals surface area contributed by atoms with E-state index in [1.807, 2.05) is 0 Å². The first-order valence-electron chi connectivity index (χ1n) is 9.29. The van der Waals surface area contributed by atoms with Crippen LogP contribution in [-0.2, 0) is 11.0 Å². The maximum atomic E-state index is 13.8. The van der Waals surface area contributed by atoms with E-state index in [1.54, 1.807) is 11.8 Å². The molecule has 2 fully saturated rings. The molecule has 31 heavy (non-hydrogen) atoms. The van der Waals surface area contributed by atoms with Crippen molar-refractivity contribution in [3.63, 3.8) is 0 Å². The van der Waals surface area contributed by atoms with Gasteiger partial charge in [-0.25, -0.2) is 9.37 Å². The molecule has 6 nitrogen and oxygen atoms in total. The van der Waals surface area contributed by atoms with Crippen LogP contribution in [0.5, 0.6) is 0 Å². The molecule has 0 bridgehead atoms. The topological polar surface area (TPSA) is 79.5 Å². The van der Waals surface area contributed by atoms with Gasteiger partial charge in [0.05, 0.1) is 17.4 Å². The third-order valence-electron chi connectivity index (χ3n) is 5.66. The second-order valence-electron chi connectivity index (χ2n) is 7.53. The molecule has 1 saturated carbocycles. The average molecular weight is 452 g/mol. The zero-order valence-corrected chi connectivity index (χ0v) is 17.0. The Bertz CT molecular complexity index is 1130. The average Bonchev–Trinajstić information content (AvgIpc) is 2.89. The van der Waals surface area contributed by atoms with Crippen LogP contribution in [0.15, 0.2) is 30.5 Å². The zero-order valence-electron chi connectivity index (χ0n) is 16.2. The minimum Gasteiger partial charge on any atom is -0.364 e. The summed E-state index contributed by atoms with van der Waals surface area (Å²) in [7, 11) is 0.